The number of aliphatic carboxylic acids is 1. The Balaban J connectivity index is 1.55. The number of benzene rings is 2. The molecule has 0 saturated carbocycles. The number of carbonyl (C=O) groups excluding carboxylic acids is 3. The number of urea groups is 1. The van der Waals surface area contributed by atoms with E-state index in [4.69, 9.17) is 0 Å². The number of amides is 4. The van der Waals surface area contributed by atoms with Crippen molar-refractivity contribution in [2.75, 3.05) is 5.32 Å². The molecule has 5 N–H and O–H groups in total. The molecular formula is C29H34N4O5S. The zero-order chi connectivity index (χ0) is 28.6. The lowest BCUT2D eigenvalue weighted by Gasteiger charge is -2.23. The number of carbonyl (C=O) groups is 4. The quantitative estimate of drug-likeness (QED) is 0.247. The van der Waals surface area contributed by atoms with Crippen molar-refractivity contribution in [3.63, 3.8) is 0 Å². The lowest BCUT2D eigenvalue weighted by molar-refractivity contribution is -0.137. The molecule has 0 aliphatic carbocycles. The first-order chi connectivity index (χ1) is 18.4. The Morgan fingerprint density at radius 2 is 1.56 bits per heavy atom. The first-order valence-electron chi connectivity index (χ1n) is 12.5. The largest absolute Gasteiger partial charge is 0.481 e. The Bertz CT molecular complexity index is 1300. The molecule has 0 saturated heterocycles. The van der Waals surface area contributed by atoms with Crippen LogP contribution in [0.1, 0.15) is 66.5 Å². The van der Waals surface area contributed by atoms with Crippen LogP contribution < -0.4 is 21.3 Å². The van der Waals surface area contributed by atoms with Gasteiger partial charge in [0.05, 0.1) is 22.3 Å². The summed E-state index contributed by atoms with van der Waals surface area (Å²) >= 11 is 1.07. The van der Waals surface area contributed by atoms with Gasteiger partial charge in [-0.2, -0.15) is 0 Å². The molecule has 4 amide bonds. The molecule has 0 bridgehead atoms. The first kappa shape index (κ1) is 29.4. The van der Waals surface area contributed by atoms with Crippen LogP contribution in [0.15, 0.2) is 66.7 Å². The number of carboxylic acids is 1. The van der Waals surface area contributed by atoms with E-state index in [1.165, 1.54) is 6.92 Å². The standard InChI is InChI=1S/C29H34N4O5S/c1-18(26(36)32-22(16-25(34)35)20-10-12-21(13-11-20)29(2,3)4)31-27(37)23-14-15-24(39-23)33-28(38)30-17-19-8-6-5-7-9-19/h5-15,18,22H,16-17H2,1-4H3,(H,31,37)(H,32,36)(H,34,35)(H2,30,33,38). The van der Waals surface area contributed by atoms with Gasteiger partial charge in [0, 0.05) is 6.54 Å². The molecule has 10 heteroatoms. The maximum Gasteiger partial charge on any atom is 0.320 e. The third-order valence-corrected chi connectivity index (χ3v) is 6.98. The predicted octanol–water partition coefficient (Wildman–Crippen LogP) is 4.82. The summed E-state index contributed by atoms with van der Waals surface area (Å²) in [6.45, 7) is 8.13. The van der Waals surface area contributed by atoms with E-state index in [0.29, 0.717) is 22.0 Å². The van der Waals surface area contributed by atoms with Crippen molar-refractivity contribution in [2.45, 2.75) is 58.2 Å². The van der Waals surface area contributed by atoms with Gasteiger partial charge in [0.15, 0.2) is 0 Å². The Kier molecular flexibility index (Phi) is 9.84. The molecule has 0 aliphatic rings. The molecule has 2 atom stereocenters. The highest BCUT2D eigenvalue weighted by Crippen LogP contribution is 2.25. The van der Waals surface area contributed by atoms with Gasteiger partial charge in [-0.15, -0.1) is 11.3 Å². The first-order valence-corrected chi connectivity index (χ1v) is 13.4. The second-order valence-corrected chi connectivity index (χ2v) is 11.3. The molecule has 0 aliphatic heterocycles. The van der Waals surface area contributed by atoms with E-state index in [2.05, 4.69) is 42.0 Å². The maximum atomic E-state index is 12.9. The molecule has 0 radical (unpaired) electrons. The van der Waals surface area contributed by atoms with Gasteiger partial charge in [0.25, 0.3) is 5.91 Å². The second kappa shape index (κ2) is 13.1. The fourth-order valence-corrected chi connectivity index (χ4v) is 4.54. The van der Waals surface area contributed by atoms with E-state index in [1.807, 2.05) is 54.6 Å². The van der Waals surface area contributed by atoms with Crippen LogP contribution in [0.2, 0.25) is 0 Å². The monoisotopic (exact) mass is 550 g/mol. The number of hydrogen-bond acceptors (Lipinski definition) is 5. The average Bonchev–Trinajstić information content (AvgIpc) is 3.35. The lowest BCUT2D eigenvalue weighted by Crippen LogP contribution is -2.46. The van der Waals surface area contributed by atoms with Crippen molar-refractivity contribution in [3.05, 3.63) is 88.3 Å². The van der Waals surface area contributed by atoms with E-state index < -0.39 is 35.9 Å². The Morgan fingerprint density at radius 3 is 2.18 bits per heavy atom. The summed E-state index contributed by atoms with van der Waals surface area (Å²) in [6.07, 6.45) is -0.298. The Labute approximate surface area is 232 Å². The molecule has 2 unspecified atom stereocenters. The van der Waals surface area contributed by atoms with Gasteiger partial charge >= 0.3 is 12.0 Å². The number of anilines is 1. The third kappa shape index (κ3) is 8.96. The number of carboxylic acid groups (broad SMARTS) is 1. The van der Waals surface area contributed by atoms with Crippen molar-refractivity contribution in [3.8, 4) is 0 Å². The number of thiophene rings is 1. The molecule has 1 aromatic heterocycles. The Morgan fingerprint density at radius 1 is 0.897 bits per heavy atom. The van der Waals surface area contributed by atoms with Gasteiger partial charge in [-0.05, 0) is 41.2 Å². The van der Waals surface area contributed by atoms with E-state index in [9.17, 15) is 24.3 Å². The van der Waals surface area contributed by atoms with Crippen LogP contribution in [0.4, 0.5) is 9.80 Å². The molecular weight excluding hydrogens is 516 g/mol. The summed E-state index contributed by atoms with van der Waals surface area (Å²) in [5.74, 6) is -2.04. The fourth-order valence-electron chi connectivity index (χ4n) is 3.73. The minimum atomic E-state index is -1.05. The predicted molar refractivity (Wildman–Crippen MR) is 152 cm³/mol. The normalized spacial score (nSPS) is 12.6. The molecule has 2 aromatic carbocycles. The second-order valence-electron chi connectivity index (χ2n) is 10.2. The van der Waals surface area contributed by atoms with E-state index in [0.717, 1.165) is 22.5 Å². The van der Waals surface area contributed by atoms with Gasteiger partial charge in [-0.1, -0.05) is 75.4 Å². The van der Waals surface area contributed by atoms with Crippen molar-refractivity contribution >= 4 is 40.2 Å². The topological polar surface area (TPSA) is 137 Å². The maximum absolute atomic E-state index is 12.9. The number of rotatable bonds is 10. The van der Waals surface area contributed by atoms with Crippen molar-refractivity contribution in [2.24, 2.45) is 0 Å². The Hall–Kier alpha value is -4.18. The SMILES string of the molecule is CC(NC(=O)c1ccc(NC(=O)NCc2ccccc2)s1)C(=O)NC(CC(=O)O)c1ccc(C(C)(C)C)cc1. The van der Waals surface area contributed by atoms with Crippen molar-refractivity contribution in [1.82, 2.24) is 16.0 Å². The van der Waals surface area contributed by atoms with Gasteiger partial charge in [0.1, 0.15) is 6.04 Å². The molecule has 3 rings (SSSR count). The molecule has 0 spiro atoms. The molecule has 39 heavy (non-hydrogen) atoms. The van der Waals surface area contributed by atoms with Crippen LogP contribution in [0.5, 0.6) is 0 Å². The van der Waals surface area contributed by atoms with Crippen LogP contribution in [0, 0.1) is 0 Å². The third-order valence-electron chi connectivity index (χ3n) is 5.98. The minimum Gasteiger partial charge on any atom is -0.481 e. The average molecular weight is 551 g/mol. The summed E-state index contributed by atoms with van der Waals surface area (Å²) in [6, 6.07) is 18.0. The fraction of sp³-hybridized carbons (Fsp3) is 0.310. The van der Waals surface area contributed by atoms with Crippen molar-refractivity contribution < 1.29 is 24.3 Å². The zero-order valence-corrected chi connectivity index (χ0v) is 23.2. The van der Waals surface area contributed by atoms with E-state index in [1.54, 1.807) is 12.1 Å². The van der Waals surface area contributed by atoms with E-state index >= 15 is 0 Å². The molecule has 3 aromatic rings. The lowest BCUT2D eigenvalue weighted by atomic mass is 9.86. The number of nitrogens with one attached hydrogen (secondary N) is 4. The zero-order valence-electron chi connectivity index (χ0n) is 22.4. The van der Waals surface area contributed by atoms with Crippen LogP contribution in [0.3, 0.4) is 0 Å². The van der Waals surface area contributed by atoms with E-state index in [-0.39, 0.29) is 11.8 Å². The molecule has 0 fully saturated rings. The highest BCUT2D eigenvalue weighted by atomic mass is 32.1. The van der Waals surface area contributed by atoms with Gasteiger partial charge in [-0.25, -0.2) is 4.79 Å². The molecule has 9 nitrogen and oxygen atoms in total. The van der Waals surface area contributed by atoms with Crippen LogP contribution in [-0.2, 0) is 21.5 Å². The summed E-state index contributed by atoms with van der Waals surface area (Å²) in [5.41, 5.74) is 2.65. The summed E-state index contributed by atoms with van der Waals surface area (Å²) in [5, 5.41) is 20.7. The highest BCUT2D eigenvalue weighted by Gasteiger charge is 2.24. The minimum absolute atomic E-state index is 0.0635. The van der Waals surface area contributed by atoms with Gasteiger partial charge in [0.2, 0.25) is 5.91 Å². The van der Waals surface area contributed by atoms with Crippen LogP contribution >= 0.6 is 11.3 Å². The summed E-state index contributed by atoms with van der Waals surface area (Å²) in [4.78, 5) is 49.6. The van der Waals surface area contributed by atoms with Crippen LogP contribution in [0.25, 0.3) is 0 Å². The summed E-state index contributed by atoms with van der Waals surface area (Å²) < 4.78 is 0. The summed E-state index contributed by atoms with van der Waals surface area (Å²) in [7, 11) is 0. The van der Waals surface area contributed by atoms with Crippen molar-refractivity contribution in [1.29, 1.82) is 0 Å². The van der Waals surface area contributed by atoms with Gasteiger partial charge in [-0.3, -0.25) is 19.7 Å². The number of hydrogen-bond donors (Lipinski definition) is 5. The highest BCUT2D eigenvalue weighted by molar-refractivity contribution is 7.18. The molecule has 206 valence electrons. The molecule has 1 heterocycles. The van der Waals surface area contributed by atoms with Gasteiger partial charge < -0.3 is 21.1 Å². The smallest absolute Gasteiger partial charge is 0.320 e. The van der Waals surface area contributed by atoms with Crippen LogP contribution in [-0.4, -0.2) is 35.0 Å².